The third-order valence-electron chi connectivity index (χ3n) is 3.25. The minimum atomic E-state index is 0.361. The highest BCUT2D eigenvalue weighted by Gasteiger charge is 2.16. The van der Waals surface area contributed by atoms with E-state index in [-0.39, 0.29) is 0 Å². The molecule has 0 unspecified atom stereocenters. The number of rotatable bonds is 2. The van der Waals surface area contributed by atoms with Gasteiger partial charge in [-0.25, -0.2) is 4.98 Å². The van der Waals surface area contributed by atoms with Gasteiger partial charge in [0.1, 0.15) is 5.65 Å². The summed E-state index contributed by atoms with van der Waals surface area (Å²) in [4.78, 5) is 4.66. The zero-order valence-corrected chi connectivity index (χ0v) is 13.0. The fraction of sp³-hybridized carbons (Fsp3) is 0.133. The first-order valence-corrected chi connectivity index (χ1v) is 7.39. The maximum Gasteiger partial charge on any atom is 0.137 e. The summed E-state index contributed by atoms with van der Waals surface area (Å²) in [6.45, 7) is 2.03. The molecule has 3 rings (SSSR count). The van der Waals surface area contributed by atoms with Crippen molar-refractivity contribution in [2.75, 3.05) is 0 Å². The van der Waals surface area contributed by atoms with Crippen LogP contribution in [0.4, 0.5) is 0 Å². The minimum Gasteiger partial charge on any atom is -0.299 e. The van der Waals surface area contributed by atoms with Gasteiger partial charge in [0.05, 0.1) is 22.3 Å². The lowest BCUT2D eigenvalue weighted by molar-refractivity contribution is 1.03. The molecule has 2 aromatic heterocycles. The van der Waals surface area contributed by atoms with Gasteiger partial charge in [-0.2, -0.15) is 0 Å². The molecule has 0 amide bonds. The van der Waals surface area contributed by atoms with E-state index in [1.165, 1.54) is 0 Å². The average Bonchev–Trinajstić information content (AvgIpc) is 2.78. The first kappa shape index (κ1) is 13.7. The third-order valence-corrected chi connectivity index (χ3v) is 4.05. The number of benzene rings is 1. The van der Waals surface area contributed by atoms with Gasteiger partial charge in [-0.1, -0.05) is 29.3 Å². The van der Waals surface area contributed by atoms with Gasteiger partial charge in [-0.3, -0.25) is 4.40 Å². The van der Waals surface area contributed by atoms with Gasteiger partial charge in [-0.15, -0.1) is 11.6 Å². The Morgan fingerprint density at radius 1 is 1.15 bits per heavy atom. The van der Waals surface area contributed by atoms with Crippen molar-refractivity contribution < 1.29 is 0 Å². The number of alkyl halides is 1. The Kier molecular flexibility index (Phi) is 3.63. The van der Waals surface area contributed by atoms with Gasteiger partial charge in [0.2, 0.25) is 0 Å². The van der Waals surface area contributed by atoms with Gasteiger partial charge >= 0.3 is 0 Å². The second-order valence-corrected chi connectivity index (χ2v) is 5.64. The summed E-state index contributed by atoms with van der Waals surface area (Å²) in [5, 5.41) is 1.18. The van der Waals surface area contributed by atoms with E-state index in [2.05, 4.69) is 4.98 Å². The Morgan fingerprint density at radius 3 is 2.65 bits per heavy atom. The molecule has 2 nitrogen and oxygen atoms in total. The third kappa shape index (κ3) is 2.18. The molecule has 0 bridgehead atoms. The molecular weight excluding hydrogens is 315 g/mol. The Balaban J connectivity index is 2.33. The van der Waals surface area contributed by atoms with Gasteiger partial charge in [0.15, 0.2) is 0 Å². The smallest absolute Gasteiger partial charge is 0.137 e. The highest BCUT2D eigenvalue weighted by molar-refractivity contribution is 6.36. The van der Waals surface area contributed by atoms with Crippen LogP contribution in [0.25, 0.3) is 16.9 Å². The molecule has 0 aliphatic rings. The zero-order valence-electron chi connectivity index (χ0n) is 10.7. The molecule has 0 fully saturated rings. The van der Waals surface area contributed by atoms with Gasteiger partial charge < -0.3 is 0 Å². The first-order chi connectivity index (χ1) is 9.61. The highest BCUT2D eigenvalue weighted by atomic mass is 35.5. The molecule has 0 N–H and O–H groups in total. The molecule has 0 spiro atoms. The van der Waals surface area contributed by atoms with Crippen molar-refractivity contribution in [2.24, 2.45) is 0 Å². The fourth-order valence-electron chi connectivity index (χ4n) is 2.35. The number of aromatic nitrogens is 2. The predicted octanol–water partition coefficient (Wildman–Crippen LogP) is 5.36. The number of aryl methyl sites for hydroxylation is 1. The van der Waals surface area contributed by atoms with E-state index in [0.29, 0.717) is 15.9 Å². The molecule has 0 saturated carbocycles. The summed E-state index contributed by atoms with van der Waals surface area (Å²) in [5.41, 5.74) is 4.53. The molecule has 102 valence electrons. The number of hydrogen-bond acceptors (Lipinski definition) is 1. The second kappa shape index (κ2) is 5.28. The summed E-state index contributed by atoms with van der Waals surface area (Å²) in [5.74, 6) is 0.361. The Labute approximate surface area is 131 Å². The van der Waals surface area contributed by atoms with E-state index in [0.717, 1.165) is 28.3 Å². The number of nitrogens with zero attached hydrogens (tertiary/aromatic N) is 2. The lowest BCUT2D eigenvalue weighted by Gasteiger charge is -2.06. The quantitative estimate of drug-likeness (QED) is 0.580. The Hall–Kier alpha value is -1.22. The number of pyridine rings is 1. The van der Waals surface area contributed by atoms with Crippen molar-refractivity contribution in [3.05, 3.63) is 57.8 Å². The maximum atomic E-state index is 6.28. The molecule has 0 saturated heterocycles. The van der Waals surface area contributed by atoms with E-state index in [4.69, 9.17) is 34.8 Å². The van der Waals surface area contributed by atoms with Crippen LogP contribution in [-0.2, 0) is 5.88 Å². The van der Waals surface area contributed by atoms with Crippen molar-refractivity contribution >= 4 is 40.4 Å². The van der Waals surface area contributed by atoms with Crippen molar-refractivity contribution in [3.8, 4) is 11.3 Å². The highest BCUT2D eigenvalue weighted by Crippen LogP contribution is 2.33. The van der Waals surface area contributed by atoms with Crippen LogP contribution < -0.4 is 0 Å². The molecule has 1 aromatic carbocycles. The average molecular weight is 326 g/mol. The number of imidazole rings is 1. The van der Waals surface area contributed by atoms with E-state index in [9.17, 15) is 0 Å². The minimum absolute atomic E-state index is 0.361. The molecule has 5 heteroatoms. The molecule has 2 heterocycles. The first-order valence-electron chi connectivity index (χ1n) is 6.10. The van der Waals surface area contributed by atoms with Crippen LogP contribution in [0.5, 0.6) is 0 Å². The standard InChI is InChI=1S/C15H11Cl3N2/c1-9-3-2-4-14-19-15(13(8-16)20(9)14)11-6-5-10(17)7-12(11)18/h2-7H,8H2,1H3. The summed E-state index contributed by atoms with van der Waals surface area (Å²) in [6, 6.07) is 11.3. The van der Waals surface area contributed by atoms with Gasteiger partial charge in [0, 0.05) is 16.3 Å². The van der Waals surface area contributed by atoms with E-state index in [1.54, 1.807) is 12.1 Å². The fourth-order valence-corrected chi connectivity index (χ4v) is 3.09. The second-order valence-electron chi connectivity index (χ2n) is 4.53. The summed E-state index contributed by atoms with van der Waals surface area (Å²) in [6.07, 6.45) is 0. The summed E-state index contributed by atoms with van der Waals surface area (Å²) < 4.78 is 2.05. The zero-order chi connectivity index (χ0) is 14.3. The van der Waals surface area contributed by atoms with Crippen molar-refractivity contribution in [1.29, 1.82) is 0 Å². The topological polar surface area (TPSA) is 17.3 Å². The molecule has 0 atom stereocenters. The van der Waals surface area contributed by atoms with Crippen LogP contribution in [0.2, 0.25) is 10.0 Å². The van der Waals surface area contributed by atoms with Crippen LogP contribution in [0.3, 0.4) is 0 Å². The Bertz CT molecular complexity index is 793. The summed E-state index contributed by atoms with van der Waals surface area (Å²) >= 11 is 18.4. The number of fused-ring (bicyclic) bond motifs is 1. The van der Waals surface area contributed by atoms with Crippen LogP contribution in [0, 0.1) is 6.92 Å². The SMILES string of the molecule is Cc1cccc2nc(-c3ccc(Cl)cc3Cl)c(CCl)n12. The predicted molar refractivity (Wildman–Crippen MR) is 84.9 cm³/mol. The van der Waals surface area contributed by atoms with E-state index in [1.807, 2.05) is 35.6 Å². The van der Waals surface area contributed by atoms with E-state index >= 15 is 0 Å². The van der Waals surface area contributed by atoms with Crippen molar-refractivity contribution in [3.63, 3.8) is 0 Å². The molecular formula is C15H11Cl3N2. The van der Waals surface area contributed by atoms with Crippen LogP contribution >= 0.6 is 34.8 Å². The number of halogens is 3. The van der Waals surface area contributed by atoms with Gasteiger partial charge in [-0.05, 0) is 37.3 Å². The largest absolute Gasteiger partial charge is 0.299 e. The molecule has 20 heavy (non-hydrogen) atoms. The normalized spacial score (nSPS) is 11.2. The summed E-state index contributed by atoms with van der Waals surface area (Å²) in [7, 11) is 0. The molecule has 0 radical (unpaired) electrons. The Morgan fingerprint density at radius 2 is 1.95 bits per heavy atom. The molecule has 0 aliphatic carbocycles. The molecule has 3 aromatic rings. The van der Waals surface area contributed by atoms with Crippen LogP contribution in [-0.4, -0.2) is 9.38 Å². The van der Waals surface area contributed by atoms with Crippen LogP contribution in [0.15, 0.2) is 36.4 Å². The lowest BCUT2D eigenvalue weighted by atomic mass is 10.1. The molecule has 0 aliphatic heterocycles. The number of hydrogen-bond donors (Lipinski definition) is 0. The maximum absolute atomic E-state index is 6.28. The van der Waals surface area contributed by atoms with Crippen LogP contribution in [0.1, 0.15) is 11.4 Å². The monoisotopic (exact) mass is 324 g/mol. The lowest BCUT2D eigenvalue weighted by Crippen LogP contribution is -1.95. The van der Waals surface area contributed by atoms with Crippen molar-refractivity contribution in [1.82, 2.24) is 9.38 Å². The van der Waals surface area contributed by atoms with Gasteiger partial charge in [0.25, 0.3) is 0 Å². The van der Waals surface area contributed by atoms with E-state index < -0.39 is 0 Å². The van der Waals surface area contributed by atoms with Crippen molar-refractivity contribution in [2.45, 2.75) is 12.8 Å².